The van der Waals surface area contributed by atoms with Crippen molar-refractivity contribution in [1.82, 2.24) is 15.2 Å². The minimum Gasteiger partial charge on any atom is -0.355 e. The fourth-order valence-corrected chi connectivity index (χ4v) is 4.14. The molecule has 6 nitrogen and oxygen atoms in total. The second-order valence-corrected chi connectivity index (χ2v) is 7.81. The number of nitrogens with zero attached hydrogens (tertiary/aromatic N) is 2. The lowest BCUT2D eigenvalue weighted by Gasteiger charge is -2.32. The van der Waals surface area contributed by atoms with Crippen LogP contribution in [0.25, 0.3) is 10.6 Å². The number of likely N-dealkylation sites (tertiary alicyclic amines) is 1. The second kappa shape index (κ2) is 12.1. The van der Waals surface area contributed by atoms with Gasteiger partial charge in [0.05, 0.1) is 18.0 Å². The number of rotatable bonds is 6. The number of halogens is 2. The van der Waals surface area contributed by atoms with E-state index in [2.05, 4.69) is 29.4 Å². The molecule has 0 aliphatic carbocycles. The summed E-state index contributed by atoms with van der Waals surface area (Å²) < 4.78 is 0. The van der Waals surface area contributed by atoms with Crippen molar-refractivity contribution in [3.63, 3.8) is 0 Å². The van der Waals surface area contributed by atoms with E-state index in [1.807, 2.05) is 17.5 Å². The quantitative estimate of drug-likeness (QED) is 0.696. The Morgan fingerprint density at radius 2 is 2.14 bits per heavy atom. The van der Waals surface area contributed by atoms with E-state index in [0.29, 0.717) is 26.2 Å². The predicted molar refractivity (Wildman–Crippen MR) is 122 cm³/mol. The van der Waals surface area contributed by atoms with Crippen LogP contribution in [0.4, 0.5) is 0 Å². The van der Waals surface area contributed by atoms with E-state index in [-0.39, 0.29) is 49.0 Å². The highest BCUT2D eigenvalue weighted by molar-refractivity contribution is 7.13. The Balaban J connectivity index is 0.00000210. The maximum absolute atomic E-state index is 12.7. The van der Waals surface area contributed by atoms with Crippen molar-refractivity contribution in [3.05, 3.63) is 40.9 Å². The number of thiazole rings is 1. The van der Waals surface area contributed by atoms with E-state index in [1.54, 1.807) is 16.2 Å². The zero-order valence-corrected chi connectivity index (χ0v) is 18.9. The molecule has 3 N–H and O–H groups in total. The summed E-state index contributed by atoms with van der Waals surface area (Å²) in [4.78, 5) is 31.3. The molecule has 1 aliphatic rings. The van der Waals surface area contributed by atoms with Gasteiger partial charge in [-0.2, -0.15) is 0 Å². The highest BCUT2D eigenvalue weighted by Gasteiger charge is 2.28. The van der Waals surface area contributed by atoms with Crippen molar-refractivity contribution in [3.8, 4) is 10.6 Å². The zero-order chi connectivity index (χ0) is 19.2. The molecule has 0 saturated carbocycles. The first kappa shape index (κ1) is 25.4. The summed E-state index contributed by atoms with van der Waals surface area (Å²) >= 11 is 1.56. The lowest BCUT2D eigenvalue weighted by atomic mass is 9.96. The number of aromatic nitrogens is 1. The molecule has 29 heavy (non-hydrogen) atoms. The Bertz CT molecular complexity index is 815. The standard InChI is InChI=1S/C20H26N4O2S.2ClH/c1-14-4-2-5-15(10-14)20-23-17(13-27-20)11-18(25)24-9-3-6-16(12-24)19(26)22-8-7-21;;/h2,4-5,10,13,16H,3,6-9,11-12,21H2,1H3,(H,22,26);2*1H. The molecule has 2 amide bonds. The lowest BCUT2D eigenvalue weighted by Crippen LogP contribution is -2.46. The molecule has 1 unspecified atom stereocenters. The summed E-state index contributed by atoms with van der Waals surface area (Å²) in [7, 11) is 0. The van der Waals surface area contributed by atoms with Gasteiger partial charge >= 0.3 is 0 Å². The summed E-state index contributed by atoms with van der Waals surface area (Å²) in [6, 6.07) is 8.20. The molecule has 0 bridgehead atoms. The van der Waals surface area contributed by atoms with E-state index in [0.717, 1.165) is 29.1 Å². The van der Waals surface area contributed by atoms with Crippen molar-refractivity contribution >= 4 is 48.0 Å². The monoisotopic (exact) mass is 458 g/mol. The number of carbonyl (C=O) groups excluding carboxylic acids is 2. The van der Waals surface area contributed by atoms with E-state index in [9.17, 15) is 9.59 Å². The number of piperidine rings is 1. The van der Waals surface area contributed by atoms with Crippen molar-refractivity contribution in [2.24, 2.45) is 11.7 Å². The summed E-state index contributed by atoms with van der Waals surface area (Å²) in [6.45, 7) is 4.13. The van der Waals surface area contributed by atoms with E-state index in [1.165, 1.54) is 5.56 Å². The molecule has 0 spiro atoms. The molecular formula is C20H28Cl2N4O2S. The highest BCUT2D eigenvalue weighted by atomic mass is 35.5. The maximum Gasteiger partial charge on any atom is 0.228 e. The molecule has 1 aliphatic heterocycles. The fourth-order valence-electron chi connectivity index (χ4n) is 3.32. The molecule has 1 aromatic heterocycles. The van der Waals surface area contributed by atoms with Crippen LogP contribution in [0, 0.1) is 12.8 Å². The van der Waals surface area contributed by atoms with Gasteiger partial charge in [-0.1, -0.05) is 23.8 Å². The van der Waals surface area contributed by atoms with Crippen molar-refractivity contribution in [2.45, 2.75) is 26.2 Å². The molecule has 1 saturated heterocycles. The average molecular weight is 459 g/mol. The fraction of sp³-hybridized carbons (Fsp3) is 0.450. The smallest absolute Gasteiger partial charge is 0.228 e. The molecule has 1 aromatic carbocycles. The van der Waals surface area contributed by atoms with E-state index in [4.69, 9.17) is 5.73 Å². The summed E-state index contributed by atoms with van der Waals surface area (Å²) in [5.74, 6) is -0.117. The average Bonchev–Trinajstić information content (AvgIpc) is 3.14. The number of hydrogen-bond donors (Lipinski definition) is 2. The number of carbonyl (C=O) groups is 2. The molecule has 2 heterocycles. The first-order valence-electron chi connectivity index (χ1n) is 9.34. The number of nitrogens with two attached hydrogens (primary N) is 1. The zero-order valence-electron chi connectivity index (χ0n) is 16.4. The van der Waals surface area contributed by atoms with Crippen LogP contribution in [0.5, 0.6) is 0 Å². The predicted octanol–water partition coefficient (Wildman–Crippen LogP) is 2.82. The Morgan fingerprint density at radius 3 is 2.86 bits per heavy atom. The van der Waals surface area contributed by atoms with Crippen LogP contribution >= 0.6 is 36.2 Å². The molecule has 1 fully saturated rings. The number of amides is 2. The highest BCUT2D eigenvalue weighted by Crippen LogP contribution is 2.25. The van der Waals surface area contributed by atoms with Crippen molar-refractivity contribution < 1.29 is 9.59 Å². The van der Waals surface area contributed by atoms with Crippen molar-refractivity contribution in [2.75, 3.05) is 26.2 Å². The lowest BCUT2D eigenvalue weighted by molar-refractivity contribution is -0.135. The minimum absolute atomic E-state index is 0. The van der Waals surface area contributed by atoms with E-state index >= 15 is 0 Å². The van der Waals surface area contributed by atoms with Gasteiger partial charge in [0.1, 0.15) is 5.01 Å². The number of hydrogen-bond acceptors (Lipinski definition) is 5. The SMILES string of the molecule is Cc1cccc(-c2nc(CC(=O)N3CCCC(C(=O)NCCN)C3)cs2)c1.Cl.Cl. The van der Waals surface area contributed by atoms with Gasteiger partial charge in [0, 0.05) is 37.1 Å². The Morgan fingerprint density at radius 1 is 1.34 bits per heavy atom. The van der Waals surface area contributed by atoms with Gasteiger partial charge in [-0.3, -0.25) is 9.59 Å². The molecule has 1 atom stereocenters. The van der Waals surface area contributed by atoms with E-state index < -0.39 is 0 Å². The third-order valence-electron chi connectivity index (χ3n) is 4.74. The first-order chi connectivity index (χ1) is 13.1. The first-order valence-corrected chi connectivity index (χ1v) is 10.2. The van der Waals surface area contributed by atoms with Crippen LogP contribution in [-0.2, 0) is 16.0 Å². The molecule has 160 valence electrons. The van der Waals surface area contributed by atoms with Gasteiger partial charge in [0.15, 0.2) is 0 Å². The molecular weight excluding hydrogens is 431 g/mol. The van der Waals surface area contributed by atoms with Crippen molar-refractivity contribution in [1.29, 1.82) is 0 Å². The van der Waals surface area contributed by atoms with Crippen LogP contribution < -0.4 is 11.1 Å². The van der Waals surface area contributed by atoms with Crippen LogP contribution in [-0.4, -0.2) is 47.9 Å². The number of nitrogens with one attached hydrogen (secondary N) is 1. The topological polar surface area (TPSA) is 88.3 Å². The maximum atomic E-state index is 12.7. The number of benzene rings is 1. The Hall–Kier alpha value is -1.67. The third-order valence-corrected chi connectivity index (χ3v) is 5.68. The minimum atomic E-state index is -0.146. The molecule has 3 rings (SSSR count). The van der Waals surface area contributed by atoms with Gasteiger partial charge in [0.25, 0.3) is 0 Å². The second-order valence-electron chi connectivity index (χ2n) is 6.95. The van der Waals surface area contributed by atoms with Gasteiger partial charge in [-0.05, 0) is 25.8 Å². The normalized spacial score (nSPS) is 15.8. The van der Waals surface area contributed by atoms with Gasteiger partial charge in [-0.15, -0.1) is 36.2 Å². The summed E-state index contributed by atoms with van der Waals surface area (Å²) in [5, 5.41) is 5.70. The number of aryl methyl sites for hydroxylation is 1. The third kappa shape index (κ3) is 6.96. The van der Waals surface area contributed by atoms with Crippen LogP contribution in [0.3, 0.4) is 0 Å². The summed E-state index contributed by atoms with van der Waals surface area (Å²) in [6.07, 6.45) is 1.94. The van der Waals surface area contributed by atoms with Gasteiger partial charge < -0.3 is 16.0 Å². The van der Waals surface area contributed by atoms with Gasteiger partial charge in [0.2, 0.25) is 11.8 Å². The van der Waals surface area contributed by atoms with Gasteiger partial charge in [-0.25, -0.2) is 4.98 Å². The summed E-state index contributed by atoms with van der Waals surface area (Å²) in [5.41, 5.74) is 8.49. The largest absolute Gasteiger partial charge is 0.355 e. The van der Waals surface area contributed by atoms with Crippen LogP contribution in [0.2, 0.25) is 0 Å². The molecule has 9 heteroatoms. The Labute approximate surface area is 188 Å². The Kier molecular flexibility index (Phi) is 10.6. The van der Waals surface area contributed by atoms with Crippen LogP contribution in [0.1, 0.15) is 24.1 Å². The molecule has 0 radical (unpaired) electrons. The molecule has 2 aromatic rings. The van der Waals surface area contributed by atoms with Crippen LogP contribution in [0.15, 0.2) is 29.6 Å².